The van der Waals surface area contributed by atoms with Crippen LogP contribution in [0.3, 0.4) is 0 Å². The zero-order valence-electron chi connectivity index (χ0n) is 12.1. The van der Waals surface area contributed by atoms with Crippen molar-refractivity contribution in [2.45, 2.75) is 39.2 Å². The van der Waals surface area contributed by atoms with Crippen LogP contribution in [0.2, 0.25) is 0 Å². The van der Waals surface area contributed by atoms with Crippen LogP contribution >= 0.6 is 0 Å². The molecular weight excluding hydrogens is 234 g/mol. The molecule has 0 radical (unpaired) electrons. The molecule has 0 rings (SSSR count). The van der Waals surface area contributed by atoms with Crippen molar-refractivity contribution in [1.29, 1.82) is 0 Å². The van der Waals surface area contributed by atoms with Crippen molar-refractivity contribution in [3.63, 3.8) is 0 Å². The second-order valence-corrected chi connectivity index (χ2v) is 4.22. The Hall–Kier alpha value is -0.650. The SMILES string of the molecule is CCOCCOCCCC(C)(NC)C(=O)OCC. The number of rotatable bonds is 11. The molecule has 0 aromatic carbocycles. The van der Waals surface area contributed by atoms with Crippen LogP contribution in [0.5, 0.6) is 0 Å². The number of hydrogen-bond donors (Lipinski definition) is 1. The Balaban J connectivity index is 3.76. The normalized spacial score (nSPS) is 14.2. The van der Waals surface area contributed by atoms with Crippen molar-refractivity contribution in [3.8, 4) is 0 Å². The molecule has 108 valence electrons. The molecule has 0 amide bonds. The minimum atomic E-state index is -0.626. The summed E-state index contributed by atoms with van der Waals surface area (Å²) < 4.78 is 15.6. The number of ether oxygens (including phenoxy) is 3. The third kappa shape index (κ3) is 6.93. The van der Waals surface area contributed by atoms with Crippen molar-refractivity contribution in [1.82, 2.24) is 5.32 Å². The van der Waals surface area contributed by atoms with Crippen LogP contribution in [-0.4, -0.2) is 51.6 Å². The van der Waals surface area contributed by atoms with Crippen LogP contribution in [0.4, 0.5) is 0 Å². The highest BCUT2D eigenvalue weighted by Gasteiger charge is 2.32. The van der Waals surface area contributed by atoms with Gasteiger partial charge in [-0.1, -0.05) is 0 Å². The lowest BCUT2D eigenvalue weighted by Gasteiger charge is -2.26. The number of hydrogen-bond acceptors (Lipinski definition) is 5. The van der Waals surface area contributed by atoms with Crippen molar-refractivity contribution in [2.75, 3.05) is 40.1 Å². The molecule has 0 heterocycles. The monoisotopic (exact) mass is 261 g/mol. The second kappa shape index (κ2) is 10.3. The van der Waals surface area contributed by atoms with Crippen LogP contribution in [0.1, 0.15) is 33.6 Å². The number of carbonyl (C=O) groups is 1. The molecule has 18 heavy (non-hydrogen) atoms. The van der Waals surface area contributed by atoms with Crippen molar-refractivity contribution in [2.24, 2.45) is 0 Å². The van der Waals surface area contributed by atoms with E-state index in [9.17, 15) is 4.79 Å². The summed E-state index contributed by atoms with van der Waals surface area (Å²) in [4.78, 5) is 11.8. The van der Waals surface area contributed by atoms with Gasteiger partial charge in [-0.3, -0.25) is 4.79 Å². The fourth-order valence-electron chi connectivity index (χ4n) is 1.51. The number of nitrogens with one attached hydrogen (secondary N) is 1. The number of carbonyl (C=O) groups excluding carboxylic acids is 1. The van der Waals surface area contributed by atoms with E-state index in [1.807, 2.05) is 20.8 Å². The summed E-state index contributed by atoms with van der Waals surface area (Å²) in [6.45, 7) is 8.59. The molecule has 0 spiro atoms. The third-order valence-corrected chi connectivity index (χ3v) is 2.82. The maximum absolute atomic E-state index is 11.8. The third-order valence-electron chi connectivity index (χ3n) is 2.82. The first kappa shape index (κ1) is 17.4. The van der Waals surface area contributed by atoms with E-state index in [0.717, 1.165) is 6.42 Å². The van der Waals surface area contributed by atoms with E-state index in [1.54, 1.807) is 7.05 Å². The van der Waals surface area contributed by atoms with E-state index in [0.29, 0.717) is 39.5 Å². The molecule has 1 atom stereocenters. The van der Waals surface area contributed by atoms with Gasteiger partial charge in [0.15, 0.2) is 0 Å². The molecular formula is C13H27NO4. The summed E-state index contributed by atoms with van der Waals surface area (Å²) >= 11 is 0. The van der Waals surface area contributed by atoms with Gasteiger partial charge in [0.25, 0.3) is 0 Å². The molecule has 5 heteroatoms. The lowest BCUT2D eigenvalue weighted by molar-refractivity contribution is -0.150. The van der Waals surface area contributed by atoms with Gasteiger partial charge < -0.3 is 19.5 Å². The Labute approximate surface area is 110 Å². The van der Waals surface area contributed by atoms with Crippen LogP contribution in [0.15, 0.2) is 0 Å². The van der Waals surface area contributed by atoms with Gasteiger partial charge >= 0.3 is 5.97 Å². The van der Waals surface area contributed by atoms with Gasteiger partial charge in [-0.05, 0) is 40.7 Å². The van der Waals surface area contributed by atoms with Crippen LogP contribution < -0.4 is 5.32 Å². The molecule has 0 aliphatic rings. The lowest BCUT2D eigenvalue weighted by Crippen LogP contribution is -2.48. The molecule has 0 aromatic heterocycles. The van der Waals surface area contributed by atoms with Gasteiger partial charge in [-0.2, -0.15) is 0 Å². The highest BCUT2D eigenvalue weighted by atomic mass is 16.5. The molecule has 0 aromatic rings. The van der Waals surface area contributed by atoms with E-state index < -0.39 is 5.54 Å². The van der Waals surface area contributed by atoms with Gasteiger partial charge in [0.2, 0.25) is 0 Å². The first-order valence-electron chi connectivity index (χ1n) is 6.62. The highest BCUT2D eigenvalue weighted by molar-refractivity contribution is 5.80. The van der Waals surface area contributed by atoms with Gasteiger partial charge in [0, 0.05) is 13.2 Å². The summed E-state index contributed by atoms with van der Waals surface area (Å²) in [5.41, 5.74) is -0.626. The Morgan fingerprint density at radius 1 is 1.11 bits per heavy atom. The van der Waals surface area contributed by atoms with E-state index in [-0.39, 0.29) is 5.97 Å². The quantitative estimate of drug-likeness (QED) is 0.449. The zero-order chi connectivity index (χ0) is 13.9. The fraction of sp³-hybridized carbons (Fsp3) is 0.923. The smallest absolute Gasteiger partial charge is 0.326 e. The highest BCUT2D eigenvalue weighted by Crippen LogP contribution is 2.14. The summed E-state index contributed by atoms with van der Waals surface area (Å²) in [5, 5.41) is 3.02. The van der Waals surface area contributed by atoms with Gasteiger partial charge in [-0.15, -0.1) is 0 Å². The van der Waals surface area contributed by atoms with Gasteiger partial charge in [0.05, 0.1) is 19.8 Å². The fourth-order valence-corrected chi connectivity index (χ4v) is 1.51. The van der Waals surface area contributed by atoms with Crippen molar-refractivity contribution in [3.05, 3.63) is 0 Å². The average Bonchev–Trinajstić information content (AvgIpc) is 2.37. The molecule has 1 N–H and O–H groups in total. The second-order valence-electron chi connectivity index (χ2n) is 4.22. The Morgan fingerprint density at radius 2 is 1.78 bits per heavy atom. The Kier molecular flexibility index (Phi) is 9.92. The molecule has 0 aliphatic carbocycles. The van der Waals surface area contributed by atoms with Crippen molar-refractivity contribution >= 4 is 5.97 Å². The van der Waals surface area contributed by atoms with E-state index >= 15 is 0 Å². The molecule has 0 saturated carbocycles. The van der Waals surface area contributed by atoms with E-state index in [1.165, 1.54) is 0 Å². The molecule has 0 fully saturated rings. The summed E-state index contributed by atoms with van der Waals surface area (Å²) in [6.07, 6.45) is 1.50. The van der Waals surface area contributed by atoms with E-state index in [2.05, 4.69) is 5.32 Å². The lowest BCUT2D eigenvalue weighted by atomic mass is 9.96. The minimum Gasteiger partial charge on any atom is -0.465 e. The molecule has 1 unspecified atom stereocenters. The first-order chi connectivity index (χ1) is 8.60. The standard InChI is InChI=1S/C13H27NO4/c1-5-16-10-11-17-9-7-8-13(3,14-4)12(15)18-6-2/h14H,5-11H2,1-4H3. The Morgan fingerprint density at radius 3 is 2.33 bits per heavy atom. The van der Waals surface area contributed by atoms with Gasteiger partial charge in [-0.25, -0.2) is 0 Å². The molecule has 0 aliphatic heterocycles. The molecule has 0 saturated heterocycles. The Bertz CT molecular complexity index is 223. The predicted octanol–water partition coefficient (Wildman–Crippen LogP) is 1.36. The summed E-state index contributed by atoms with van der Waals surface area (Å²) in [6, 6.07) is 0. The zero-order valence-corrected chi connectivity index (χ0v) is 12.1. The van der Waals surface area contributed by atoms with E-state index in [4.69, 9.17) is 14.2 Å². The first-order valence-corrected chi connectivity index (χ1v) is 6.62. The maximum Gasteiger partial charge on any atom is 0.326 e. The van der Waals surface area contributed by atoms with Crippen LogP contribution in [0, 0.1) is 0 Å². The number of esters is 1. The van der Waals surface area contributed by atoms with Crippen LogP contribution in [-0.2, 0) is 19.0 Å². The summed E-state index contributed by atoms with van der Waals surface area (Å²) in [7, 11) is 1.77. The largest absolute Gasteiger partial charge is 0.465 e. The average molecular weight is 261 g/mol. The topological polar surface area (TPSA) is 56.8 Å². The van der Waals surface area contributed by atoms with Crippen LogP contribution in [0.25, 0.3) is 0 Å². The molecule has 0 bridgehead atoms. The summed E-state index contributed by atoms with van der Waals surface area (Å²) in [5.74, 6) is -0.207. The maximum atomic E-state index is 11.8. The minimum absolute atomic E-state index is 0.207. The van der Waals surface area contributed by atoms with Crippen molar-refractivity contribution < 1.29 is 19.0 Å². The number of likely N-dealkylation sites (N-methyl/N-ethyl adjacent to an activating group) is 1. The predicted molar refractivity (Wildman–Crippen MR) is 70.6 cm³/mol. The van der Waals surface area contributed by atoms with Gasteiger partial charge in [0.1, 0.15) is 5.54 Å². The molecule has 5 nitrogen and oxygen atoms in total.